The van der Waals surface area contributed by atoms with E-state index in [0.717, 1.165) is 5.39 Å². The second-order valence-corrected chi connectivity index (χ2v) is 4.00. The van der Waals surface area contributed by atoms with Crippen molar-refractivity contribution < 1.29 is 9.53 Å². The molecule has 0 unspecified atom stereocenters. The van der Waals surface area contributed by atoms with E-state index in [-0.39, 0.29) is 11.5 Å². The first-order chi connectivity index (χ1) is 8.50. The molecule has 2 aromatic carbocycles. The van der Waals surface area contributed by atoms with Crippen molar-refractivity contribution in [3.8, 4) is 5.75 Å². The first kappa shape index (κ1) is 12.0. The second kappa shape index (κ2) is 4.41. The summed E-state index contributed by atoms with van der Waals surface area (Å²) in [6.07, 6.45) is 0. The van der Waals surface area contributed by atoms with Gasteiger partial charge in [-0.2, -0.15) is 0 Å². The van der Waals surface area contributed by atoms with Crippen molar-refractivity contribution in [1.29, 1.82) is 0 Å². The fraction of sp³-hybridized carbons (Fsp3) is 0.0714. The molecule has 18 heavy (non-hydrogen) atoms. The Balaban J connectivity index is 2.62. The summed E-state index contributed by atoms with van der Waals surface area (Å²) < 4.78 is 5.45. The number of rotatable bonds is 3. The molecule has 0 spiro atoms. The fourth-order valence-corrected chi connectivity index (χ4v) is 1.71. The van der Waals surface area contributed by atoms with Crippen LogP contribution in [0.3, 0.4) is 0 Å². The highest BCUT2D eigenvalue weighted by Crippen LogP contribution is 2.35. The van der Waals surface area contributed by atoms with E-state index in [0.29, 0.717) is 22.5 Å². The van der Waals surface area contributed by atoms with Gasteiger partial charge in [0, 0.05) is 29.1 Å². The number of allylic oxidation sites excluding steroid dienone is 1. The van der Waals surface area contributed by atoms with Crippen molar-refractivity contribution in [2.75, 3.05) is 11.5 Å². The third-order valence-corrected chi connectivity index (χ3v) is 2.69. The van der Waals surface area contributed by atoms with Crippen LogP contribution in [0.4, 0.5) is 11.4 Å². The van der Waals surface area contributed by atoms with Gasteiger partial charge >= 0.3 is 0 Å². The summed E-state index contributed by atoms with van der Waals surface area (Å²) in [4.78, 5) is 11.2. The van der Waals surface area contributed by atoms with Gasteiger partial charge in [0.25, 0.3) is 0 Å². The van der Waals surface area contributed by atoms with E-state index in [2.05, 4.69) is 6.58 Å². The Hall–Kier alpha value is -2.49. The molecule has 0 aliphatic carbocycles. The molecule has 0 aliphatic rings. The predicted octanol–water partition coefficient (Wildman–Crippen LogP) is 2.49. The molecule has 0 aliphatic heterocycles. The normalized spacial score (nSPS) is 10.3. The van der Waals surface area contributed by atoms with Gasteiger partial charge in [-0.1, -0.05) is 18.7 Å². The summed E-state index contributed by atoms with van der Waals surface area (Å²) in [6.45, 7) is 4.96. The van der Waals surface area contributed by atoms with E-state index in [1.807, 2.05) is 12.1 Å². The fourth-order valence-electron chi connectivity index (χ4n) is 1.71. The lowest BCUT2D eigenvalue weighted by molar-refractivity contribution is -0.115. The monoisotopic (exact) mass is 242 g/mol. The Morgan fingerprint density at radius 3 is 2.56 bits per heavy atom. The van der Waals surface area contributed by atoms with Crippen LogP contribution in [-0.2, 0) is 4.79 Å². The van der Waals surface area contributed by atoms with Crippen molar-refractivity contribution in [2.45, 2.75) is 6.92 Å². The molecule has 4 heteroatoms. The Labute approximate surface area is 105 Å². The maximum Gasteiger partial charge on any atom is 0.194 e. The molecule has 0 aromatic heterocycles. The number of fused-ring (bicyclic) bond motifs is 1. The van der Waals surface area contributed by atoms with Crippen LogP contribution in [0, 0.1) is 0 Å². The summed E-state index contributed by atoms with van der Waals surface area (Å²) in [5.41, 5.74) is 13.0. The summed E-state index contributed by atoms with van der Waals surface area (Å²) >= 11 is 0. The number of benzene rings is 2. The van der Waals surface area contributed by atoms with Gasteiger partial charge in [0.2, 0.25) is 0 Å². The maximum atomic E-state index is 11.2. The van der Waals surface area contributed by atoms with Crippen LogP contribution in [0.1, 0.15) is 6.92 Å². The molecule has 4 N–H and O–H groups in total. The molecule has 2 rings (SSSR count). The minimum absolute atomic E-state index is 0.0734. The molecule has 0 heterocycles. The standard InChI is InChI=1S/C14H14N2O2/c1-8(17)9(2)18-13-7-6-11(15)10-4-3-5-12(16)14(10)13/h3-7H,2,15-16H2,1H3. The first-order valence-corrected chi connectivity index (χ1v) is 5.45. The van der Waals surface area contributed by atoms with Gasteiger partial charge < -0.3 is 16.2 Å². The van der Waals surface area contributed by atoms with Gasteiger partial charge in [-0.3, -0.25) is 4.79 Å². The lowest BCUT2D eigenvalue weighted by Gasteiger charge is -2.12. The van der Waals surface area contributed by atoms with E-state index in [9.17, 15) is 4.79 Å². The highest BCUT2D eigenvalue weighted by molar-refractivity contribution is 6.04. The van der Waals surface area contributed by atoms with Crippen molar-refractivity contribution in [3.63, 3.8) is 0 Å². The van der Waals surface area contributed by atoms with Gasteiger partial charge in [-0.05, 0) is 18.2 Å². The number of anilines is 2. The minimum atomic E-state index is -0.227. The smallest absolute Gasteiger partial charge is 0.194 e. The summed E-state index contributed by atoms with van der Waals surface area (Å²) in [7, 11) is 0. The molecule has 0 bridgehead atoms. The SMILES string of the molecule is C=C(Oc1ccc(N)c2cccc(N)c12)C(C)=O. The molecule has 0 amide bonds. The third-order valence-electron chi connectivity index (χ3n) is 2.69. The Morgan fingerprint density at radius 2 is 1.89 bits per heavy atom. The average molecular weight is 242 g/mol. The zero-order valence-electron chi connectivity index (χ0n) is 10.1. The van der Waals surface area contributed by atoms with Crippen LogP contribution in [0.2, 0.25) is 0 Å². The van der Waals surface area contributed by atoms with Crippen molar-refractivity contribution >= 4 is 27.9 Å². The number of carbonyl (C=O) groups excluding carboxylic acids is 1. The van der Waals surface area contributed by atoms with Crippen LogP contribution in [-0.4, -0.2) is 5.78 Å². The molecular formula is C14H14N2O2. The Kier molecular flexibility index (Phi) is 2.93. The van der Waals surface area contributed by atoms with E-state index >= 15 is 0 Å². The van der Waals surface area contributed by atoms with Gasteiger partial charge in [0.05, 0.1) is 0 Å². The Bertz CT molecular complexity index is 648. The molecular weight excluding hydrogens is 228 g/mol. The molecule has 2 aromatic rings. The second-order valence-electron chi connectivity index (χ2n) is 4.00. The first-order valence-electron chi connectivity index (χ1n) is 5.45. The average Bonchev–Trinajstić information content (AvgIpc) is 2.33. The zero-order chi connectivity index (χ0) is 13.3. The molecule has 0 saturated heterocycles. The van der Waals surface area contributed by atoms with E-state index in [4.69, 9.17) is 16.2 Å². The maximum absolute atomic E-state index is 11.2. The van der Waals surface area contributed by atoms with Crippen molar-refractivity contribution in [2.24, 2.45) is 0 Å². The van der Waals surface area contributed by atoms with E-state index in [1.165, 1.54) is 6.92 Å². The van der Waals surface area contributed by atoms with Gasteiger partial charge in [0.15, 0.2) is 11.5 Å². The number of nitrogens with two attached hydrogens (primary N) is 2. The number of hydrogen-bond acceptors (Lipinski definition) is 4. The number of nitrogen functional groups attached to an aromatic ring is 2. The number of carbonyl (C=O) groups is 1. The van der Waals surface area contributed by atoms with Crippen LogP contribution in [0.5, 0.6) is 5.75 Å². The highest BCUT2D eigenvalue weighted by Gasteiger charge is 2.11. The summed E-state index contributed by atoms with van der Waals surface area (Å²) in [5.74, 6) is 0.330. The summed E-state index contributed by atoms with van der Waals surface area (Å²) in [6, 6.07) is 8.82. The van der Waals surface area contributed by atoms with Gasteiger partial charge in [-0.15, -0.1) is 0 Å². The van der Waals surface area contributed by atoms with Crippen LogP contribution < -0.4 is 16.2 Å². The van der Waals surface area contributed by atoms with E-state index < -0.39 is 0 Å². The van der Waals surface area contributed by atoms with Crippen LogP contribution in [0.15, 0.2) is 42.7 Å². The molecule has 0 radical (unpaired) electrons. The summed E-state index contributed by atoms with van der Waals surface area (Å²) in [5, 5.41) is 1.49. The Morgan fingerprint density at radius 1 is 1.17 bits per heavy atom. The van der Waals surface area contributed by atoms with Gasteiger partial charge in [0.1, 0.15) is 5.75 Å². The largest absolute Gasteiger partial charge is 0.454 e. The zero-order valence-corrected chi connectivity index (χ0v) is 10.1. The number of ether oxygens (including phenoxy) is 1. The highest BCUT2D eigenvalue weighted by atomic mass is 16.5. The third kappa shape index (κ3) is 2.00. The topological polar surface area (TPSA) is 78.3 Å². The van der Waals surface area contributed by atoms with Crippen LogP contribution >= 0.6 is 0 Å². The predicted molar refractivity (Wildman–Crippen MR) is 73.2 cm³/mol. The molecule has 92 valence electrons. The van der Waals surface area contributed by atoms with Crippen molar-refractivity contribution in [3.05, 3.63) is 42.7 Å². The number of hydrogen-bond donors (Lipinski definition) is 2. The molecule has 0 saturated carbocycles. The number of Topliss-reactive ketones (excluding diaryl/α,β-unsaturated/α-hetero) is 1. The molecule has 4 nitrogen and oxygen atoms in total. The van der Waals surface area contributed by atoms with Gasteiger partial charge in [-0.25, -0.2) is 0 Å². The quantitative estimate of drug-likeness (QED) is 0.492. The minimum Gasteiger partial charge on any atom is -0.454 e. The van der Waals surface area contributed by atoms with Crippen molar-refractivity contribution in [1.82, 2.24) is 0 Å². The lowest BCUT2D eigenvalue weighted by Crippen LogP contribution is -2.04. The van der Waals surface area contributed by atoms with Crippen LogP contribution in [0.25, 0.3) is 10.8 Å². The molecule has 0 fully saturated rings. The van der Waals surface area contributed by atoms with E-state index in [1.54, 1.807) is 18.2 Å². The number of ketones is 1. The lowest BCUT2D eigenvalue weighted by atomic mass is 10.1. The molecule has 0 atom stereocenters.